The third-order valence-corrected chi connectivity index (χ3v) is 3.52. The lowest BCUT2D eigenvalue weighted by Crippen LogP contribution is -1.77. The van der Waals surface area contributed by atoms with Crippen LogP contribution < -0.4 is 0 Å². The van der Waals surface area contributed by atoms with Crippen LogP contribution in [0.1, 0.15) is 6.42 Å². The molecule has 60 valence electrons. The Morgan fingerprint density at radius 2 is 2.45 bits per heavy atom. The molecule has 11 heavy (non-hydrogen) atoms. The van der Waals surface area contributed by atoms with Crippen molar-refractivity contribution in [2.45, 2.75) is 10.6 Å². The summed E-state index contributed by atoms with van der Waals surface area (Å²) >= 11 is 8.93. The highest BCUT2D eigenvalue weighted by Gasteiger charge is 1.96. The predicted molar refractivity (Wildman–Crippen MR) is 50.7 cm³/mol. The molecule has 0 unspecified atom stereocenters. The molecule has 0 radical (unpaired) electrons. The van der Waals surface area contributed by atoms with Gasteiger partial charge in [-0.05, 0) is 12.1 Å². The van der Waals surface area contributed by atoms with Gasteiger partial charge < -0.3 is 4.79 Å². The van der Waals surface area contributed by atoms with Crippen LogP contribution in [0.4, 0.5) is 0 Å². The minimum Gasteiger partial charge on any atom is -0.303 e. The molecule has 0 aliphatic carbocycles. The van der Waals surface area contributed by atoms with E-state index in [0.717, 1.165) is 16.4 Å². The first-order valence-corrected chi connectivity index (χ1v) is 5.32. The number of rotatable bonds is 4. The minimum absolute atomic E-state index is 0.611. The van der Waals surface area contributed by atoms with Crippen LogP contribution in [0, 0.1) is 0 Å². The van der Waals surface area contributed by atoms with Crippen LogP contribution in [0.25, 0.3) is 0 Å². The van der Waals surface area contributed by atoms with Crippen LogP contribution in [-0.4, -0.2) is 12.0 Å². The molecule has 1 aromatic heterocycles. The van der Waals surface area contributed by atoms with Crippen LogP contribution in [0.5, 0.6) is 0 Å². The number of hydrogen-bond donors (Lipinski definition) is 0. The lowest BCUT2D eigenvalue weighted by Gasteiger charge is -1.90. The number of thioether (sulfide) groups is 1. The normalized spacial score (nSPS) is 9.91. The second-order valence-electron chi connectivity index (χ2n) is 1.86. The summed E-state index contributed by atoms with van der Waals surface area (Å²) in [5, 5.41) is 0. The Hall–Kier alpha value is 0.01000. The number of thiophene rings is 1. The second-order valence-corrected chi connectivity index (χ2v) is 4.97. The summed E-state index contributed by atoms with van der Waals surface area (Å²) in [5.41, 5.74) is 0. The highest BCUT2D eigenvalue weighted by molar-refractivity contribution is 8.01. The topological polar surface area (TPSA) is 17.1 Å². The molecule has 1 heterocycles. The molecular formula is C7H7ClOS2. The first-order valence-electron chi connectivity index (χ1n) is 3.14. The molecule has 1 nitrogen and oxygen atoms in total. The van der Waals surface area contributed by atoms with E-state index in [1.807, 2.05) is 12.1 Å². The first-order chi connectivity index (χ1) is 5.33. The summed E-state index contributed by atoms with van der Waals surface area (Å²) < 4.78 is 1.98. The van der Waals surface area contributed by atoms with E-state index in [0.29, 0.717) is 6.42 Å². The summed E-state index contributed by atoms with van der Waals surface area (Å²) in [5.74, 6) is 0.848. The molecule has 0 amide bonds. The Bertz CT molecular complexity index is 234. The van der Waals surface area contributed by atoms with Gasteiger partial charge in [0.15, 0.2) is 0 Å². The standard InChI is InChI=1S/C7H7ClOS2/c8-6-2-3-7(11-6)10-5-1-4-9/h2-4H,1,5H2. The zero-order chi connectivity index (χ0) is 8.10. The Morgan fingerprint density at radius 3 is 3.00 bits per heavy atom. The maximum absolute atomic E-state index is 9.96. The average Bonchev–Trinajstić information content (AvgIpc) is 2.37. The van der Waals surface area contributed by atoms with Crippen LogP contribution in [-0.2, 0) is 4.79 Å². The van der Waals surface area contributed by atoms with Crippen LogP contribution >= 0.6 is 34.7 Å². The molecule has 0 saturated heterocycles. The van der Waals surface area contributed by atoms with Gasteiger partial charge in [-0.1, -0.05) is 11.6 Å². The van der Waals surface area contributed by atoms with Crippen molar-refractivity contribution in [3.05, 3.63) is 16.5 Å². The molecule has 0 spiro atoms. The molecule has 4 heteroatoms. The number of halogens is 1. The third-order valence-electron chi connectivity index (χ3n) is 1.03. The van der Waals surface area contributed by atoms with Crippen molar-refractivity contribution in [1.82, 2.24) is 0 Å². The fraction of sp³-hybridized carbons (Fsp3) is 0.286. The van der Waals surface area contributed by atoms with E-state index in [9.17, 15) is 4.79 Å². The molecule has 0 saturated carbocycles. The lowest BCUT2D eigenvalue weighted by molar-refractivity contribution is -0.107. The van der Waals surface area contributed by atoms with Gasteiger partial charge in [0, 0.05) is 12.2 Å². The van der Waals surface area contributed by atoms with Gasteiger partial charge in [0.05, 0.1) is 8.55 Å². The molecule has 0 aliphatic heterocycles. The van der Waals surface area contributed by atoms with E-state index >= 15 is 0 Å². The second kappa shape index (κ2) is 4.80. The number of aldehydes is 1. The van der Waals surface area contributed by atoms with Gasteiger partial charge in [-0.25, -0.2) is 0 Å². The predicted octanol–water partition coefficient (Wildman–Crippen LogP) is 3.08. The maximum atomic E-state index is 9.96. The van der Waals surface area contributed by atoms with Crippen LogP contribution in [0.3, 0.4) is 0 Å². The molecular weight excluding hydrogens is 200 g/mol. The van der Waals surface area contributed by atoms with Crippen molar-refractivity contribution in [2.75, 3.05) is 5.75 Å². The molecule has 0 aliphatic rings. The van der Waals surface area contributed by atoms with Crippen LogP contribution in [0.15, 0.2) is 16.3 Å². The van der Waals surface area contributed by atoms with E-state index in [-0.39, 0.29) is 0 Å². The van der Waals surface area contributed by atoms with Crippen LogP contribution in [0.2, 0.25) is 4.34 Å². The SMILES string of the molecule is O=CCCSc1ccc(Cl)s1. The third kappa shape index (κ3) is 3.27. The summed E-state index contributed by atoms with van der Waals surface area (Å²) in [6, 6.07) is 3.85. The van der Waals surface area contributed by atoms with Crippen molar-refractivity contribution in [3.63, 3.8) is 0 Å². The number of carbonyl (C=O) groups is 1. The Morgan fingerprint density at radius 1 is 1.64 bits per heavy atom. The smallest absolute Gasteiger partial charge is 0.120 e. The van der Waals surface area contributed by atoms with E-state index in [1.165, 1.54) is 4.21 Å². The molecule has 0 fully saturated rings. The fourth-order valence-electron chi connectivity index (χ4n) is 0.583. The van der Waals surface area contributed by atoms with Crippen molar-refractivity contribution < 1.29 is 4.79 Å². The Kier molecular flexibility index (Phi) is 3.97. The minimum atomic E-state index is 0.611. The van der Waals surface area contributed by atoms with E-state index in [2.05, 4.69) is 0 Å². The van der Waals surface area contributed by atoms with Crippen molar-refractivity contribution in [2.24, 2.45) is 0 Å². The van der Waals surface area contributed by atoms with Gasteiger partial charge >= 0.3 is 0 Å². The summed E-state index contributed by atoms with van der Waals surface area (Å²) in [6.07, 6.45) is 1.54. The number of carbonyl (C=O) groups excluding carboxylic acids is 1. The van der Waals surface area contributed by atoms with Crippen molar-refractivity contribution in [1.29, 1.82) is 0 Å². The Labute approximate surface area is 78.8 Å². The summed E-state index contributed by atoms with van der Waals surface area (Å²) in [4.78, 5) is 9.96. The molecule has 0 atom stereocenters. The highest BCUT2D eigenvalue weighted by atomic mass is 35.5. The molecule has 0 bridgehead atoms. The van der Waals surface area contributed by atoms with Gasteiger partial charge in [-0.3, -0.25) is 0 Å². The van der Waals surface area contributed by atoms with E-state index in [4.69, 9.17) is 11.6 Å². The van der Waals surface area contributed by atoms with Crippen molar-refractivity contribution >= 4 is 41.0 Å². The first kappa shape index (κ1) is 9.10. The van der Waals surface area contributed by atoms with Gasteiger partial charge in [-0.15, -0.1) is 23.1 Å². The summed E-state index contributed by atoms with van der Waals surface area (Å²) in [7, 11) is 0. The zero-order valence-corrected chi connectivity index (χ0v) is 8.14. The monoisotopic (exact) mass is 206 g/mol. The lowest BCUT2D eigenvalue weighted by atomic mass is 10.6. The van der Waals surface area contributed by atoms with E-state index < -0.39 is 0 Å². The zero-order valence-electron chi connectivity index (χ0n) is 5.75. The van der Waals surface area contributed by atoms with Gasteiger partial charge in [-0.2, -0.15) is 0 Å². The maximum Gasteiger partial charge on any atom is 0.120 e. The fourth-order valence-corrected chi connectivity index (χ4v) is 2.83. The molecule has 1 rings (SSSR count). The van der Waals surface area contributed by atoms with Gasteiger partial charge in [0.25, 0.3) is 0 Å². The Balaban J connectivity index is 2.32. The molecule has 0 aromatic carbocycles. The molecule has 1 aromatic rings. The van der Waals surface area contributed by atoms with Crippen molar-refractivity contribution in [3.8, 4) is 0 Å². The van der Waals surface area contributed by atoms with E-state index in [1.54, 1.807) is 23.1 Å². The van der Waals surface area contributed by atoms with Gasteiger partial charge in [0.1, 0.15) is 6.29 Å². The van der Waals surface area contributed by atoms with Gasteiger partial charge in [0.2, 0.25) is 0 Å². The highest BCUT2D eigenvalue weighted by Crippen LogP contribution is 2.30. The summed E-state index contributed by atoms with van der Waals surface area (Å²) in [6.45, 7) is 0. The largest absolute Gasteiger partial charge is 0.303 e. The average molecular weight is 207 g/mol. The molecule has 0 N–H and O–H groups in total. The quantitative estimate of drug-likeness (QED) is 0.428. The number of hydrogen-bond acceptors (Lipinski definition) is 3.